The van der Waals surface area contributed by atoms with Gasteiger partial charge in [0.25, 0.3) is 5.70 Å². The summed E-state index contributed by atoms with van der Waals surface area (Å²) in [6.45, 7) is 2.55. The van der Waals surface area contributed by atoms with Gasteiger partial charge in [-0.1, -0.05) is 0 Å². The van der Waals surface area contributed by atoms with Crippen molar-refractivity contribution in [2.45, 2.75) is 19.8 Å². The summed E-state index contributed by atoms with van der Waals surface area (Å²) in [6, 6.07) is 0. The topological polar surface area (TPSA) is 81.5 Å². The van der Waals surface area contributed by atoms with Crippen molar-refractivity contribution in [3.8, 4) is 0 Å². The standard InChI is InChI=1S/C15H11F4IN2O4/c1-4-6(15(23)26-3)7(14(22(24)25)5(2)21-4)8-9(16)11(18)13(20)12(19)10(8)17/h7,21H,1-3H3. The number of nitro groups is 1. The third-order valence-corrected chi connectivity index (χ3v) is 4.81. The first-order valence-corrected chi connectivity index (χ1v) is 8.04. The van der Waals surface area contributed by atoms with Crippen molar-refractivity contribution in [2.24, 2.45) is 0 Å². The van der Waals surface area contributed by atoms with Gasteiger partial charge in [-0.2, -0.15) is 0 Å². The first-order valence-electron chi connectivity index (χ1n) is 6.97. The molecule has 1 unspecified atom stereocenters. The highest BCUT2D eigenvalue weighted by Gasteiger charge is 2.45. The molecule has 1 heterocycles. The van der Waals surface area contributed by atoms with Crippen LogP contribution in [-0.4, -0.2) is 18.0 Å². The van der Waals surface area contributed by atoms with Gasteiger partial charge in [0.05, 0.1) is 26.9 Å². The average Bonchev–Trinajstić information content (AvgIpc) is 2.57. The van der Waals surface area contributed by atoms with Gasteiger partial charge in [-0.05, 0) is 36.4 Å². The highest BCUT2D eigenvalue weighted by molar-refractivity contribution is 14.1. The lowest BCUT2D eigenvalue weighted by molar-refractivity contribution is -0.431. The zero-order chi connectivity index (χ0) is 19.9. The third kappa shape index (κ3) is 3.04. The van der Waals surface area contributed by atoms with E-state index in [-0.39, 0.29) is 11.4 Å². The molecule has 0 radical (unpaired) electrons. The first kappa shape index (κ1) is 20.1. The maximum Gasteiger partial charge on any atom is 0.336 e. The van der Waals surface area contributed by atoms with Crippen LogP contribution in [0.2, 0.25) is 0 Å². The van der Waals surface area contributed by atoms with Gasteiger partial charge in [0.1, 0.15) is 5.92 Å². The lowest BCUT2D eigenvalue weighted by Gasteiger charge is -2.26. The Bertz CT molecular complexity index is 869. The lowest BCUT2D eigenvalue weighted by atomic mass is 9.83. The zero-order valence-electron chi connectivity index (χ0n) is 13.5. The quantitative estimate of drug-likeness (QED) is 0.135. The predicted octanol–water partition coefficient (Wildman–Crippen LogP) is 3.49. The van der Waals surface area contributed by atoms with E-state index in [1.807, 2.05) is 0 Å². The van der Waals surface area contributed by atoms with Crippen molar-refractivity contribution in [3.63, 3.8) is 0 Å². The van der Waals surface area contributed by atoms with E-state index in [9.17, 15) is 32.5 Å². The summed E-state index contributed by atoms with van der Waals surface area (Å²) in [5.74, 6) is -10.2. The third-order valence-electron chi connectivity index (χ3n) is 3.86. The number of hydrogen-bond donors (Lipinski definition) is 1. The monoisotopic (exact) mass is 486 g/mol. The molecule has 6 nitrogen and oxygen atoms in total. The van der Waals surface area contributed by atoms with Gasteiger partial charge in [0.2, 0.25) is 0 Å². The Morgan fingerprint density at radius 3 is 2.04 bits per heavy atom. The molecule has 1 aliphatic heterocycles. The highest BCUT2D eigenvalue weighted by atomic mass is 127. The molecule has 26 heavy (non-hydrogen) atoms. The summed E-state index contributed by atoms with van der Waals surface area (Å²) < 4.78 is 60.6. The van der Waals surface area contributed by atoms with Crippen LogP contribution in [0.4, 0.5) is 17.6 Å². The van der Waals surface area contributed by atoms with Crippen LogP contribution in [0.5, 0.6) is 0 Å². The number of esters is 1. The molecule has 0 fully saturated rings. The van der Waals surface area contributed by atoms with Crippen molar-refractivity contribution in [3.05, 3.63) is 65.2 Å². The smallest absolute Gasteiger partial charge is 0.336 e. The van der Waals surface area contributed by atoms with E-state index in [0.29, 0.717) is 0 Å². The highest BCUT2D eigenvalue weighted by Crippen LogP contribution is 2.42. The van der Waals surface area contributed by atoms with E-state index in [4.69, 9.17) is 0 Å². The molecule has 0 bridgehead atoms. The normalized spacial score (nSPS) is 17.3. The first-order chi connectivity index (χ1) is 12.0. The number of dihydropyridines is 1. The number of nitrogens with one attached hydrogen (secondary N) is 1. The number of benzene rings is 1. The van der Waals surface area contributed by atoms with E-state index in [1.165, 1.54) is 13.8 Å². The van der Waals surface area contributed by atoms with E-state index in [2.05, 4.69) is 10.1 Å². The number of allylic oxidation sites excluding steroid dienone is 3. The van der Waals surface area contributed by atoms with Crippen molar-refractivity contribution >= 4 is 28.6 Å². The Morgan fingerprint density at radius 1 is 1.12 bits per heavy atom. The van der Waals surface area contributed by atoms with Gasteiger partial charge in [-0.25, -0.2) is 22.4 Å². The molecule has 140 valence electrons. The van der Waals surface area contributed by atoms with Crippen LogP contribution in [0.3, 0.4) is 0 Å². The largest absolute Gasteiger partial charge is 0.466 e. The van der Waals surface area contributed by atoms with Crippen LogP contribution in [0.15, 0.2) is 22.7 Å². The minimum atomic E-state index is -2.00. The number of nitrogens with zero attached hydrogens (tertiary/aromatic N) is 1. The summed E-state index contributed by atoms with van der Waals surface area (Å²) in [5, 5.41) is 14.0. The molecule has 1 N–H and O–H groups in total. The van der Waals surface area contributed by atoms with E-state index in [0.717, 1.165) is 29.7 Å². The SMILES string of the molecule is COC(=O)C1=C(C)NC(C)=C([N+](=O)[O-])C1c1c(F)c(F)c(I)c(F)c1F. The number of carbonyl (C=O) groups is 1. The molecule has 1 aromatic carbocycles. The molecule has 1 atom stereocenters. The molecule has 0 aromatic heterocycles. The number of ether oxygens (including phenoxy) is 1. The summed E-state index contributed by atoms with van der Waals surface area (Å²) in [4.78, 5) is 22.6. The van der Waals surface area contributed by atoms with Crippen LogP contribution < -0.4 is 5.32 Å². The van der Waals surface area contributed by atoms with Gasteiger partial charge >= 0.3 is 5.97 Å². The number of rotatable bonds is 3. The summed E-state index contributed by atoms with van der Waals surface area (Å²) in [6.07, 6.45) is 0. The number of carbonyl (C=O) groups excluding carboxylic acids is 1. The minimum Gasteiger partial charge on any atom is -0.466 e. The number of methoxy groups -OCH3 is 1. The van der Waals surface area contributed by atoms with Crippen LogP contribution in [0.25, 0.3) is 0 Å². The van der Waals surface area contributed by atoms with Gasteiger partial charge in [0.15, 0.2) is 23.3 Å². The fourth-order valence-corrected chi connectivity index (χ4v) is 3.24. The van der Waals surface area contributed by atoms with E-state index < -0.39 is 60.5 Å². The van der Waals surface area contributed by atoms with Crippen molar-refractivity contribution < 1.29 is 32.0 Å². The minimum absolute atomic E-state index is 0.00289. The molecule has 0 spiro atoms. The maximum absolute atomic E-state index is 14.5. The summed E-state index contributed by atoms with van der Waals surface area (Å²) >= 11 is 1.07. The molecule has 0 saturated heterocycles. The molecule has 0 saturated carbocycles. The number of hydrogen-bond acceptors (Lipinski definition) is 5. The molecule has 1 aromatic rings. The second kappa shape index (κ2) is 7.21. The average molecular weight is 486 g/mol. The zero-order valence-corrected chi connectivity index (χ0v) is 15.7. The second-order valence-electron chi connectivity index (χ2n) is 5.34. The van der Waals surface area contributed by atoms with Crippen molar-refractivity contribution in [2.75, 3.05) is 7.11 Å². The Hall–Kier alpha value is -2.18. The Kier molecular flexibility index (Phi) is 5.58. The van der Waals surface area contributed by atoms with Gasteiger partial charge < -0.3 is 10.1 Å². The van der Waals surface area contributed by atoms with Crippen LogP contribution in [-0.2, 0) is 9.53 Å². The predicted molar refractivity (Wildman–Crippen MR) is 89.3 cm³/mol. The number of halogens is 5. The Balaban J connectivity index is 2.95. The maximum atomic E-state index is 14.5. The molecular formula is C15H11F4IN2O4. The fourth-order valence-electron chi connectivity index (χ4n) is 2.76. The Labute approximate surface area is 158 Å². The molecule has 2 rings (SSSR count). The van der Waals surface area contributed by atoms with Crippen LogP contribution >= 0.6 is 22.6 Å². The van der Waals surface area contributed by atoms with E-state index >= 15 is 0 Å². The second-order valence-corrected chi connectivity index (χ2v) is 6.42. The molecule has 11 heteroatoms. The van der Waals surface area contributed by atoms with Gasteiger partial charge in [-0.3, -0.25) is 10.1 Å². The van der Waals surface area contributed by atoms with Crippen LogP contribution in [0, 0.1) is 37.0 Å². The van der Waals surface area contributed by atoms with Crippen molar-refractivity contribution in [1.29, 1.82) is 0 Å². The summed E-state index contributed by atoms with van der Waals surface area (Å²) in [7, 11) is 0.957. The van der Waals surface area contributed by atoms with Gasteiger partial charge in [0, 0.05) is 11.3 Å². The molecular weight excluding hydrogens is 475 g/mol. The van der Waals surface area contributed by atoms with Crippen molar-refractivity contribution in [1.82, 2.24) is 5.32 Å². The molecule has 0 aliphatic carbocycles. The lowest BCUT2D eigenvalue weighted by Crippen LogP contribution is -2.32. The van der Waals surface area contributed by atoms with Gasteiger partial charge in [-0.15, -0.1) is 0 Å². The molecule has 0 amide bonds. The summed E-state index contributed by atoms with van der Waals surface area (Å²) in [5.41, 5.74) is -2.75. The Morgan fingerprint density at radius 2 is 1.62 bits per heavy atom. The fraction of sp³-hybridized carbons (Fsp3) is 0.267. The molecule has 1 aliphatic rings. The van der Waals surface area contributed by atoms with Crippen LogP contribution in [0.1, 0.15) is 25.3 Å². The van der Waals surface area contributed by atoms with E-state index in [1.54, 1.807) is 0 Å².